The predicted molar refractivity (Wildman–Crippen MR) is 93.9 cm³/mol. The van der Waals surface area contributed by atoms with Crippen LogP contribution in [-0.4, -0.2) is 35.6 Å². The first-order valence-corrected chi connectivity index (χ1v) is 8.12. The Labute approximate surface area is 144 Å². The van der Waals surface area contributed by atoms with Crippen molar-refractivity contribution in [2.24, 2.45) is 0 Å². The number of hydrogen-bond donors (Lipinski definition) is 2. The number of carbonyl (C=O) groups is 1. The first kappa shape index (κ1) is 19.9. The van der Waals surface area contributed by atoms with Gasteiger partial charge in [-0.15, -0.1) is 0 Å². The molecule has 0 fully saturated rings. The number of carbonyl (C=O) groups excluding carboxylic acids is 1. The topological polar surface area (TPSA) is 67.8 Å². The van der Waals surface area contributed by atoms with Crippen molar-refractivity contribution < 1.29 is 19.4 Å². The minimum absolute atomic E-state index is 0.0699. The summed E-state index contributed by atoms with van der Waals surface area (Å²) in [5.41, 5.74) is 0.165. The van der Waals surface area contributed by atoms with E-state index in [1.54, 1.807) is 13.0 Å². The summed E-state index contributed by atoms with van der Waals surface area (Å²) in [4.78, 5) is 11.8. The third-order valence-electron chi connectivity index (χ3n) is 2.95. The molecule has 1 aromatic rings. The molecule has 5 heteroatoms. The Kier molecular flexibility index (Phi) is 7.60. The minimum atomic E-state index is -0.545. The van der Waals surface area contributed by atoms with E-state index in [1.807, 2.05) is 45.9 Å². The molecule has 1 amide bonds. The van der Waals surface area contributed by atoms with E-state index >= 15 is 0 Å². The summed E-state index contributed by atoms with van der Waals surface area (Å²) < 4.78 is 10.9. The number of para-hydroxylation sites is 1. The van der Waals surface area contributed by atoms with Crippen molar-refractivity contribution in [1.29, 1.82) is 0 Å². The van der Waals surface area contributed by atoms with E-state index in [-0.39, 0.29) is 18.8 Å². The van der Waals surface area contributed by atoms with Crippen molar-refractivity contribution >= 4 is 6.09 Å². The van der Waals surface area contributed by atoms with Crippen molar-refractivity contribution in [3.05, 3.63) is 29.8 Å². The number of ether oxygens (including phenoxy) is 2. The summed E-state index contributed by atoms with van der Waals surface area (Å²) in [5.74, 6) is 6.67. The third kappa shape index (κ3) is 7.38. The van der Waals surface area contributed by atoms with E-state index in [4.69, 9.17) is 14.6 Å². The lowest BCUT2D eigenvalue weighted by molar-refractivity contribution is 0.0515. The highest BCUT2D eigenvalue weighted by molar-refractivity contribution is 5.68. The molecule has 132 valence electrons. The molecule has 0 saturated carbocycles. The van der Waals surface area contributed by atoms with Gasteiger partial charge in [-0.1, -0.05) is 30.9 Å². The fourth-order valence-electron chi connectivity index (χ4n) is 1.78. The van der Waals surface area contributed by atoms with Gasteiger partial charge in [-0.3, -0.25) is 0 Å². The van der Waals surface area contributed by atoms with Crippen molar-refractivity contribution in [3.8, 4) is 17.6 Å². The van der Waals surface area contributed by atoms with Gasteiger partial charge in [-0.2, -0.15) is 0 Å². The maximum absolute atomic E-state index is 11.8. The molecule has 1 aromatic carbocycles. The molecule has 0 spiro atoms. The van der Waals surface area contributed by atoms with Gasteiger partial charge < -0.3 is 19.9 Å². The molecule has 2 N–H and O–H groups in total. The highest BCUT2D eigenvalue weighted by Gasteiger charge is 2.17. The fourth-order valence-corrected chi connectivity index (χ4v) is 1.78. The van der Waals surface area contributed by atoms with Crippen LogP contribution in [-0.2, 0) is 4.74 Å². The van der Waals surface area contributed by atoms with Crippen molar-refractivity contribution in [2.75, 3.05) is 6.61 Å². The number of amides is 1. The first-order valence-electron chi connectivity index (χ1n) is 8.12. The van der Waals surface area contributed by atoms with Crippen LogP contribution in [0.4, 0.5) is 4.79 Å². The van der Waals surface area contributed by atoms with Crippen LogP contribution in [0.2, 0.25) is 0 Å². The normalized spacial score (nSPS) is 13.2. The number of benzene rings is 1. The molecular weight excluding hydrogens is 306 g/mol. The fraction of sp³-hybridized carbons (Fsp3) is 0.526. The van der Waals surface area contributed by atoms with E-state index in [0.717, 1.165) is 0 Å². The summed E-state index contributed by atoms with van der Waals surface area (Å²) in [5, 5.41) is 11.9. The summed E-state index contributed by atoms with van der Waals surface area (Å²) in [6.45, 7) is 9.09. The molecule has 0 radical (unpaired) electrons. The van der Waals surface area contributed by atoms with Gasteiger partial charge in [0, 0.05) is 0 Å². The Morgan fingerprint density at radius 3 is 2.58 bits per heavy atom. The first-order chi connectivity index (χ1) is 11.2. The molecule has 0 saturated heterocycles. The Morgan fingerprint density at radius 2 is 2.00 bits per heavy atom. The Morgan fingerprint density at radius 1 is 1.33 bits per heavy atom. The van der Waals surface area contributed by atoms with Crippen LogP contribution in [0.3, 0.4) is 0 Å². The van der Waals surface area contributed by atoms with Crippen LogP contribution in [0.15, 0.2) is 24.3 Å². The van der Waals surface area contributed by atoms with Crippen LogP contribution in [0.1, 0.15) is 46.6 Å². The van der Waals surface area contributed by atoms with Crippen molar-refractivity contribution in [1.82, 2.24) is 5.32 Å². The zero-order chi connectivity index (χ0) is 18.2. The molecule has 0 unspecified atom stereocenters. The Bertz CT molecular complexity index is 595. The van der Waals surface area contributed by atoms with Gasteiger partial charge in [-0.25, -0.2) is 4.79 Å². The van der Waals surface area contributed by atoms with E-state index in [1.165, 1.54) is 0 Å². The van der Waals surface area contributed by atoms with Crippen LogP contribution in [0.5, 0.6) is 5.75 Å². The second kappa shape index (κ2) is 9.19. The third-order valence-corrected chi connectivity index (χ3v) is 2.95. The number of aliphatic hydroxyl groups is 1. The molecule has 5 nitrogen and oxygen atoms in total. The number of alkyl carbamates (subject to hydrolysis) is 1. The maximum Gasteiger partial charge on any atom is 0.408 e. The standard InChI is InChI=1S/C19H27NO4/c1-6-16(20-18(22)24-19(3,4)5)12-11-15-9-7-8-10-17(15)23-14(2)13-21/h7-10,14,16,21H,6,13H2,1-5H3,(H,20,22)/t14-,16+/m1/s1. The molecule has 1 rings (SSSR count). The molecule has 0 heterocycles. The minimum Gasteiger partial charge on any atom is -0.487 e. The van der Waals surface area contributed by atoms with Gasteiger partial charge in [0.15, 0.2) is 0 Å². The summed E-state index contributed by atoms with van der Waals surface area (Å²) >= 11 is 0. The van der Waals surface area contributed by atoms with E-state index < -0.39 is 11.7 Å². The molecule has 24 heavy (non-hydrogen) atoms. The molecule has 2 atom stereocenters. The second-order valence-electron chi connectivity index (χ2n) is 6.48. The molecule has 0 aliphatic carbocycles. The van der Waals surface area contributed by atoms with Crippen LogP contribution in [0.25, 0.3) is 0 Å². The average molecular weight is 333 g/mol. The smallest absolute Gasteiger partial charge is 0.408 e. The molecule has 0 bridgehead atoms. The van der Waals surface area contributed by atoms with Gasteiger partial charge in [0.25, 0.3) is 0 Å². The second-order valence-corrected chi connectivity index (χ2v) is 6.48. The molecule has 0 aliphatic rings. The lowest BCUT2D eigenvalue weighted by Crippen LogP contribution is -2.38. The Balaban J connectivity index is 2.82. The number of nitrogens with one attached hydrogen (secondary N) is 1. The van der Waals surface area contributed by atoms with E-state index in [2.05, 4.69) is 17.2 Å². The van der Waals surface area contributed by atoms with Crippen LogP contribution >= 0.6 is 0 Å². The summed E-state index contributed by atoms with van der Waals surface area (Å²) in [7, 11) is 0. The Hall–Kier alpha value is -2.19. The van der Waals surface area contributed by atoms with Gasteiger partial charge in [-0.05, 0) is 46.2 Å². The van der Waals surface area contributed by atoms with Gasteiger partial charge >= 0.3 is 6.09 Å². The van der Waals surface area contributed by atoms with Gasteiger partial charge in [0.05, 0.1) is 18.2 Å². The van der Waals surface area contributed by atoms with Crippen LogP contribution in [0, 0.1) is 11.8 Å². The lowest BCUT2D eigenvalue weighted by atomic mass is 10.1. The zero-order valence-electron chi connectivity index (χ0n) is 15.1. The largest absolute Gasteiger partial charge is 0.487 e. The highest BCUT2D eigenvalue weighted by Crippen LogP contribution is 2.18. The van der Waals surface area contributed by atoms with Crippen LogP contribution < -0.4 is 10.1 Å². The molecule has 0 aromatic heterocycles. The quantitative estimate of drug-likeness (QED) is 0.813. The van der Waals surface area contributed by atoms with Crippen molar-refractivity contribution in [3.63, 3.8) is 0 Å². The average Bonchev–Trinajstić information content (AvgIpc) is 2.50. The predicted octanol–water partition coefficient (Wildman–Crippen LogP) is 3.10. The highest BCUT2D eigenvalue weighted by atomic mass is 16.6. The van der Waals surface area contributed by atoms with E-state index in [9.17, 15) is 4.79 Å². The number of hydrogen-bond acceptors (Lipinski definition) is 4. The van der Waals surface area contributed by atoms with Gasteiger partial charge in [0.2, 0.25) is 0 Å². The monoisotopic (exact) mass is 333 g/mol. The lowest BCUT2D eigenvalue weighted by Gasteiger charge is -2.21. The van der Waals surface area contributed by atoms with E-state index in [0.29, 0.717) is 17.7 Å². The molecule has 0 aliphatic heterocycles. The summed E-state index contributed by atoms with van der Waals surface area (Å²) in [6.07, 6.45) is -0.139. The molecular formula is C19H27NO4. The van der Waals surface area contributed by atoms with Gasteiger partial charge in [0.1, 0.15) is 17.5 Å². The summed E-state index contributed by atoms with van der Waals surface area (Å²) in [6, 6.07) is 7.04. The SMILES string of the molecule is CC[C@@H](C#Cc1ccccc1O[C@H](C)CO)NC(=O)OC(C)(C)C. The number of rotatable bonds is 5. The van der Waals surface area contributed by atoms with Crippen molar-refractivity contribution in [2.45, 2.75) is 58.8 Å². The maximum atomic E-state index is 11.8. The number of aliphatic hydroxyl groups excluding tert-OH is 1. The zero-order valence-corrected chi connectivity index (χ0v) is 15.1.